The van der Waals surface area contributed by atoms with E-state index >= 15 is 0 Å². The number of hydrogen-bond donors (Lipinski definition) is 3. The maximum absolute atomic E-state index is 12.9. The molecule has 0 aliphatic carbocycles. The number of phosphoric ester groups is 1. The minimum Gasteiger partial charge on any atom is -0.606 e. The highest BCUT2D eigenvalue weighted by atomic mass is 31.2. The highest BCUT2D eigenvalue weighted by molar-refractivity contribution is 7.52. The molecule has 3 rings (SSSR count). The van der Waals surface area contributed by atoms with Crippen molar-refractivity contribution in [3.05, 3.63) is 66.5 Å². The molecule has 0 spiro atoms. The van der Waals surface area contributed by atoms with Gasteiger partial charge >= 0.3 is 13.9 Å². The van der Waals surface area contributed by atoms with Gasteiger partial charge in [0.05, 0.1) is 23.7 Å². The second-order valence-corrected chi connectivity index (χ2v) is 13.8. The van der Waals surface area contributed by atoms with Gasteiger partial charge in [-0.05, 0) is 25.5 Å². The van der Waals surface area contributed by atoms with Crippen LogP contribution in [0.5, 0.6) is 5.75 Å². The van der Waals surface area contributed by atoms with Crippen LogP contribution in [0.2, 0.25) is 0 Å². The van der Waals surface area contributed by atoms with E-state index in [4.69, 9.17) is 18.5 Å². The second kappa shape index (κ2) is 20.7. The van der Waals surface area contributed by atoms with E-state index in [0.717, 1.165) is 23.8 Å². The van der Waals surface area contributed by atoms with Crippen LogP contribution in [0.3, 0.4) is 0 Å². The summed E-state index contributed by atoms with van der Waals surface area (Å²) >= 11 is 0. The third-order valence-electron chi connectivity index (χ3n) is 8.48. The predicted octanol–water partition coefficient (Wildman–Crippen LogP) is 5.53. The van der Waals surface area contributed by atoms with Crippen LogP contribution >= 0.6 is 8.17 Å². The molecule has 2 aromatic rings. The van der Waals surface area contributed by atoms with E-state index in [1.54, 1.807) is 0 Å². The van der Waals surface area contributed by atoms with E-state index in [9.17, 15) is 34.6 Å². The molecule has 1 fully saturated rings. The molecule has 14 nitrogen and oxygen atoms in total. The number of nitrogens with zero attached hydrogens (tertiary/aromatic N) is 2. The molecule has 1 unspecified atom stereocenters. The Morgan fingerprint density at radius 2 is 1.62 bits per heavy atom. The van der Waals surface area contributed by atoms with Gasteiger partial charge in [-0.15, -0.1) is 0 Å². The Morgan fingerprint density at radius 1 is 1.02 bits per heavy atom. The van der Waals surface area contributed by atoms with Crippen molar-refractivity contribution in [1.82, 2.24) is 9.55 Å². The number of unbranched alkanes of at least 4 members (excludes halogenated alkanes) is 13. The van der Waals surface area contributed by atoms with Crippen LogP contribution in [0.1, 0.15) is 121 Å². The molecule has 1 aliphatic rings. The highest BCUT2D eigenvalue weighted by Gasteiger charge is 2.44. The number of H-pyrrole nitrogens is 1. The zero-order chi connectivity index (χ0) is 34.9. The Labute approximate surface area is 282 Å². The third kappa shape index (κ3) is 13.3. The third-order valence-corrected chi connectivity index (χ3v) is 9.48. The van der Waals surface area contributed by atoms with Crippen LogP contribution < -0.4 is 20.9 Å². The van der Waals surface area contributed by atoms with Crippen molar-refractivity contribution in [3.63, 3.8) is 0 Å². The molecule has 15 heteroatoms. The first kappa shape index (κ1) is 39.7. The Kier molecular flexibility index (Phi) is 17.1. The molecule has 1 aliphatic heterocycles. The smallest absolute Gasteiger partial charge is 0.377 e. The molecule has 1 aromatic carbocycles. The van der Waals surface area contributed by atoms with E-state index in [-0.39, 0.29) is 23.2 Å². The molecule has 0 radical (unpaired) electrons. The van der Waals surface area contributed by atoms with E-state index in [2.05, 4.69) is 11.9 Å². The number of aromatic nitrogens is 2. The van der Waals surface area contributed by atoms with Gasteiger partial charge in [0.15, 0.2) is 0 Å². The summed E-state index contributed by atoms with van der Waals surface area (Å²) in [6, 6.07) is 4.13. The molecule has 3 N–H and O–H groups in total. The Hall–Kier alpha value is -2.71. The summed E-state index contributed by atoms with van der Waals surface area (Å²) in [5.74, 6) is 0.372. The first-order chi connectivity index (χ1) is 23.0. The average Bonchev–Trinajstić information content (AvgIpc) is 3.45. The van der Waals surface area contributed by atoms with Crippen molar-refractivity contribution in [1.29, 1.82) is 0 Å². The fourth-order valence-electron chi connectivity index (χ4n) is 5.73. The van der Waals surface area contributed by atoms with E-state index in [1.165, 1.54) is 102 Å². The molecule has 1 saturated heterocycles. The SMILES string of the molecule is CCCCCCCCCCCCCCCCOc1ccc([N+](=O)[O-])c(CO[P+]([O-])(O)O[C@H]2C[C@H](n3cc(C)c(=O)[nH]c3=O)O[C@@H]2CO)c1. The van der Waals surface area contributed by atoms with Gasteiger partial charge in [0.1, 0.15) is 30.8 Å². The second-order valence-electron chi connectivity index (χ2n) is 12.4. The number of aryl methyl sites for hydroxylation is 1. The van der Waals surface area contributed by atoms with Crippen molar-refractivity contribution in [2.75, 3.05) is 13.2 Å². The van der Waals surface area contributed by atoms with Gasteiger partial charge in [-0.2, -0.15) is 13.9 Å². The molecule has 0 amide bonds. The van der Waals surface area contributed by atoms with Gasteiger partial charge in [0, 0.05) is 24.2 Å². The maximum atomic E-state index is 12.9. The Morgan fingerprint density at radius 3 is 2.21 bits per heavy atom. The molecule has 4 atom stereocenters. The number of aliphatic hydroxyl groups is 1. The van der Waals surface area contributed by atoms with E-state index in [0.29, 0.717) is 12.4 Å². The lowest BCUT2D eigenvalue weighted by atomic mass is 10.0. The highest BCUT2D eigenvalue weighted by Crippen LogP contribution is 2.52. The number of phosphoric acid groups is 1. The molecule has 48 heavy (non-hydrogen) atoms. The quantitative estimate of drug-likeness (QED) is 0.0540. The number of nitro groups is 1. The molecular weight excluding hydrogens is 645 g/mol. The number of rotatable bonds is 24. The molecule has 0 saturated carbocycles. The summed E-state index contributed by atoms with van der Waals surface area (Å²) in [7, 11) is -4.82. The van der Waals surface area contributed by atoms with E-state index < -0.39 is 56.0 Å². The number of aromatic amines is 1. The largest absolute Gasteiger partial charge is 0.606 e. The van der Waals surface area contributed by atoms with Crippen LogP contribution in [0, 0.1) is 17.0 Å². The van der Waals surface area contributed by atoms with Crippen molar-refractivity contribution in [2.24, 2.45) is 0 Å². The lowest BCUT2D eigenvalue weighted by Gasteiger charge is -2.24. The lowest BCUT2D eigenvalue weighted by molar-refractivity contribution is -0.385. The summed E-state index contributed by atoms with van der Waals surface area (Å²) < 4.78 is 22.9. The van der Waals surface area contributed by atoms with E-state index in [1.807, 2.05) is 0 Å². The monoisotopic (exact) mass is 697 g/mol. The van der Waals surface area contributed by atoms with Crippen LogP contribution in [-0.2, 0) is 20.4 Å². The van der Waals surface area contributed by atoms with Crippen LogP contribution in [0.15, 0.2) is 34.0 Å². The number of benzene rings is 1. The van der Waals surface area contributed by atoms with Gasteiger partial charge in [-0.25, -0.2) is 4.79 Å². The fraction of sp³-hybridized carbons (Fsp3) is 0.697. The zero-order valence-corrected chi connectivity index (χ0v) is 29.1. The number of aliphatic hydroxyl groups excluding tert-OH is 1. The predicted molar refractivity (Wildman–Crippen MR) is 179 cm³/mol. The first-order valence-corrected chi connectivity index (χ1v) is 18.7. The lowest BCUT2D eigenvalue weighted by Crippen LogP contribution is -2.33. The van der Waals surface area contributed by atoms with Crippen LogP contribution in [0.4, 0.5) is 5.69 Å². The Bertz CT molecular complexity index is 1380. The molecule has 0 bridgehead atoms. The fourth-order valence-corrected chi connectivity index (χ4v) is 6.66. The van der Waals surface area contributed by atoms with Crippen molar-refractivity contribution < 1.29 is 38.3 Å². The summed E-state index contributed by atoms with van der Waals surface area (Å²) in [4.78, 5) is 60.4. The van der Waals surface area contributed by atoms with Crippen LogP contribution in [-0.4, -0.2) is 49.9 Å². The van der Waals surface area contributed by atoms with Gasteiger partial charge < -0.3 is 19.5 Å². The van der Waals surface area contributed by atoms with Crippen molar-refractivity contribution in [2.45, 2.75) is 135 Å². The number of nitro benzene ring substituents is 1. The average molecular weight is 698 g/mol. The standard InChI is InChI=1S/C33H52N3O11P/c1-3-4-5-6-7-8-9-10-11-12-13-14-15-16-19-44-27-17-18-28(36(40)41)26(20-27)24-45-48(42,43)47-29-21-31(46-30(29)23-37)35-22-25(2)32(38)34-33(35)39/h17-18,20,22,29-31,37H,3-16,19,21,23-24H2,1-2H3,(H,42,43)(H,34,38,39)/t29-,30+,31+/m0/s1. The minimum absolute atomic E-state index is 0.0193. The Balaban J connectivity index is 1.42. The summed E-state index contributed by atoms with van der Waals surface area (Å²) in [5.41, 5.74) is -1.37. The molecule has 270 valence electrons. The first-order valence-electron chi connectivity index (χ1n) is 17.2. The normalized spacial score (nSPS) is 19.0. The van der Waals surface area contributed by atoms with Gasteiger partial charge in [0.25, 0.3) is 11.2 Å². The number of hydrogen-bond acceptors (Lipinski definition) is 11. The minimum atomic E-state index is -4.82. The maximum Gasteiger partial charge on any atom is 0.377 e. The molecule has 2 heterocycles. The van der Waals surface area contributed by atoms with Gasteiger partial charge in [-0.1, -0.05) is 90.4 Å². The van der Waals surface area contributed by atoms with Gasteiger partial charge in [-0.3, -0.25) is 24.5 Å². The summed E-state index contributed by atoms with van der Waals surface area (Å²) in [6.45, 7) is 2.95. The molecule has 1 aromatic heterocycles. The zero-order valence-electron chi connectivity index (χ0n) is 28.2. The van der Waals surface area contributed by atoms with Crippen LogP contribution in [0.25, 0.3) is 0 Å². The topological polar surface area (TPSA) is 198 Å². The number of nitrogens with one attached hydrogen (secondary N) is 1. The van der Waals surface area contributed by atoms with Gasteiger partial charge in [0.2, 0.25) is 0 Å². The number of ether oxygens (including phenoxy) is 2. The molecular formula is C33H52N3O11P. The van der Waals surface area contributed by atoms with Crippen molar-refractivity contribution in [3.8, 4) is 5.75 Å². The summed E-state index contributed by atoms with van der Waals surface area (Å²) in [6.07, 6.45) is 15.3. The summed E-state index contributed by atoms with van der Waals surface area (Å²) in [5, 5.41) is 21.4. The van der Waals surface area contributed by atoms with Crippen molar-refractivity contribution >= 4 is 13.9 Å².